The van der Waals surface area contributed by atoms with Gasteiger partial charge in [-0.15, -0.1) is 0 Å². The van der Waals surface area contributed by atoms with Crippen LogP contribution in [-0.4, -0.2) is 19.2 Å². The van der Waals surface area contributed by atoms with Crippen LogP contribution >= 0.6 is 0 Å². The van der Waals surface area contributed by atoms with Crippen molar-refractivity contribution in [3.8, 4) is 0 Å². The summed E-state index contributed by atoms with van der Waals surface area (Å²) in [5, 5.41) is 3.43. The quantitative estimate of drug-likeness (QED) is 0.807. The molecule has 3 rings (SSSR count). The fourth-order valence-electron chi connectivity index (χ4n) is 2.96. The molecule has 2 aliphatic rings. The molecular formula is C14H18FNO. The van der Waals surface area contributed by atoms with Crippen LogP contribution in [0.15, 0.2) is 18.2 Å². The van der Waals surface area contributed by atoms with Crippen LogP contribution in [0.25, 0.3) is 0 Å². The van der Waals surface area contributed by atoms with E-state index in [1.54, 1.807) is 12.1 Å². The molecule has 3 heteroatoms. The largest absolute Gasteiger partial charge is 0.372 e. The second-order valence-electron chi connectivity index (χ2n) is 4.91. The molecule has 0 spiro atoms. The molecule has 0 unspecified atom stereocenters. The molecule has 1 aromatic rings. The Morgan fingerprint density at radius 3 is 3.06 bits per heavy atom. The van der Waals surface area contributed by atoms with Crippen LogP contribution in [0.4, 0.5) is 4.39 Å². The molecule has 1 saturated heterocycles. The van der Waals surface area contributed by atoms with Gasteiger partial charge in [-0.25, -0.2) is 4.39 Å². The van der Waals surface area contributed by atoms with Gasteiger partial charge >= 0.3 is 0 Å². The van der Waals surface area contributed by atoms with E-state index in [1.165, 1.54) is 0 Å². The van der Waals surface area contributed by atoms with Gasteiger partial charge in [0.2, 0.25) is 0 Å². The molecule has 2 aliphatic heterocycles. The van der Waals surface area contributed by atoms with Crippen LogP contribution in [0, 0.1) is 5.82 Å². The van der Waals surface area contributed by atoms with Crippen molar-refractivity contribution in [2.24, 2.45) is 0 Å². The Morgan fingerprint density at radius 1 is 1.29 bits per heavy atom. The lowest BCUT2D eigenvalue weighted by molar-refractivity contribution is 0.0312. The zero-order chi connectivity index (χ0) is 11.7. The van der Waals surface area contributed by atoms with E-state index in [0.717, 1.165) is 50.0 Å². The lowest BCUT2D eigenvalue weighted by atomic mass is 9.94. The fraction of sp³-hybridized carbons (Fsp3) is 0.571. The molecule has 2 atom stereocenters. The molecule has 0 saturated carbocycles. The molecule has 0 amide bonds. The average Bonchev–Trinajstić information content (AvgIpc) is 2.76. The first-order valence-corrected chi connectivity index (χ1v) is 6.48. The van der Waals surface area contributed by atoms with E-state index in [4.69, 9.17) is 4.74 Å². The molecule has 1 fully saturated rings. The summed E-state index contributed by atoms with van der Waals surface area (Å²) in [4.78, 5) is 0. The number of hydrogen-bond donors (Lipinski definition) is 1. The number of ether oxygens (including phenoxy) is 1. The fourth-order valence-corrected chi connectivity index (χ4v) is 2.96. The maximum atomic E-state index is 14.0. The van der Waals surface area contributed by atoms with Crippen LogP contribution < -0.4 is 5.32 Å². The Bertz CT molecular complexity index is 401. The smallest absolute Gasteiger partial charge is 0.129 e. The second-order valence-corrected chi connectivity index (χ2v) is 4.91. The summed E-state index contributed by atoms with van der Waals surface area (Å²) in [6.45, 7) is 1.76. The van der Waals surface area contributed by atoms with Crippen LogP contribution in [0.2, 0.25) is 0 Å². The lowest BCUT2D eigenvalue weighted by Crippen LogP contribution is -2.31. The van der Waals surface area contributed by atoms with Gasteiger partial charge in [-0.2, -0.15) is 0 Å². The lowest BCUT2D eigenvalue weighted by Gasteiger charge is -2.24. The van der Waals surface area contributed by atoms with Gasteiger partial charge < -0.3 is 10.1 Å². The minimum absolute atomic E-state index is 0.101. The molecule has 0 radical (unpaired) electrons. The molecular weight excluding hydrogens is 217 g/mol. The van der Waals surface area contributed by atoms with Crippen molar-refractivity contribution in [3.05, 3.63) is 35.1 Å². The highest BCUT2D eigenvalue weighted by Crippen LogP contribution is 2.33. The molecule has 1 N–H and O–H groups in total. The van der Waals surface area contributed by atoms with Gasteiger partial charge in [-0.1, -0.05) is 12.1 Å². The number of halogens is 1. The Morgan fingerprint density at radius 2 is 2.24 bits per heavy atom. The standard InChI is InChI=1S/C14H18FNO/c15-11-6-1-4-10-5-3-9-17-14(13(10)11)12-7-2-8-16-12/h1,4,6,12,14,16H,2-3,5,7-9H2/t12-,14-/m0/s1. The molecule has 2 nitrogen and oxygen atoms in total. The summed E-state index contributed by atoms with van der Waals surface area (Å²) < 4.78 is 19.9. The van der Waals surface area contributed by atoms with Gasteiger partial charge in [0.15, 0.2) is 0 Å². The number of aryl methyl sites for hydroxylation is 1. The number of hydrogen-bond acceptors (Lipinski definition) is 2. The van der Waals surface area contributed by atoms with Crippen molar-refractivity contribution in [2.45, 2.75) is 37.8 Å². The summed E-state index contributed by atoms with van der Waals surface area (Å²) in [6, 6.07) is 5.67. The molecule has 0 bridgehead atoms. The van der Waals surface area contributed by atoms with Gasteiger partial charge in [0.25, 0.3) is 0 Å². The summed E-state index contributed by atoms with van der Waals surface area (Å²) in [7, 11) is 0. The van der Waals surface area contributed by atoms with Crippen molar-refractivity contribution in [1.82, 2.24) is 5.32 Å². The SMILES string of the molecule is Fc1cccc2c1[C@H]([C@@H]1CCCN1)OCCC2. The third kappa shape index (κ3) is 2.09. The summed E-state index contributed by atoms with van der Waals surface area (Å²) in [5.41, 5.74) is 1.92. The van der Waals surface area contributed by atoms with E-state index in [0.29, 0.717) is 0 Å². The van der Waals surface area contributed by atoms with Gasteiger partial charge in [-0.05, 0) is 43.9 Å². The molecule has 1 aromatic carbocycles. The van der Waals surface area contributed by atoms with E-state index in [1.807, 2.05) is 6.07 Å². The maximum Gasteiger partial charge on any atom is 0.129 e. The van der Waals surface area contributed by atoms with Crippen LogP contribution in [-0.2, 0) is 11.2 Å². The Hall–Kier alpha value is -0.930. The minimum atomic E-state index is -0.108. The van der Waals surface area contributed by atoms with Crippen molar-refractivity contribution >= 4 is 0 Å². The van der Waals surface area contributed by atoms with E-state index >= 15 is 0 Å². The molecule has 2 heterocycles. The summed E-state index contributed by atoms with van der Waals surface area (Å²) >= 11 is 0. The predicted molar refractivity (Wildman–Crippen MR) is 64.4 cm³/mol. The van der Waals surface area contributed by atoms with Gasteiger partial charge in [0.1, 0.15) is 11.9 Å². The monoisotopic (exact) mass is 235 g/mol. The van der Waals surface area contributed by atoms with Crippen molar-refractivity contribution in [3.63, 3.8) is 0 Å². The zero-order valence-electron chi connectivity index (χ0n) is 9.92. The Labute approximate surface area is 101 Å². The second kappa shape index (κ2) is 4.75. The third-order valence-corrected chi connectivity index (χ3v) is 3.78. The van der Waals surface area contributed by atoms with Crippen LogP contribution in [0.5, 0.6) is 0 Å². The van der Waals surface area contributed by atoms with E-state index in [9.17, 15) is 4.39 Å². The van der Waals surface area contributed by atoms with E-state index in [-0.39, 0.29) is 18.0 Å². The van der Waals surface area contributed by atoms with Gasteiger partial charge in [0.05, 0.1) is 0 Å². The Kier molecular flexibility index (Phi) is 3.12. The molecule has 0 aromatic heterocycles. The molecule has 17 heavy (non-hydrogen) atoms. The first-order chi connectivity index (χ1) is 8.36. The average molecular weight is 235 g/mol. The molecule has 92 valence electrons. The number of fused-ring (bicyclic) bond motifs is 1. The normalized spacial score (nSPS) is 28.8. The highest BCUT2D eigenvalue weighted by molar-refractivity contribution is 5.32. The van der Waals surface area contributed by atoms with E-state index < -0.39 is 0 Å². The molecule has 0 aliphatic carbocycles. The third-order valence-electron chi connectivity index (χ3n) is 3.78. The number of rotatable bonds is 1. The van der Waals surface area contributed by atoms with Crippen molar-refractivity contribution in [1.29, 1.82) is 0 Å². The summed E-state index contributed by atoms with van der Waals surface area (Å²) in [6.07, 6.45) is 4.05. The maximum absolute atomic E-state index is 14.0. The van der Waals surface area contributed by atoms with Crippen molar-refractivity contribution in [2.75, 3.05) is 13.2 Å². The summed E-state index contributed by atoms with van der Waals surface area (Å²) in [5.74, 6) is -0.108. The first-order valence-electron chi connectivity index (χ1n) is 6.48. The highest BCUT2D eigenvalue weighted by atomic mass is 19.1. The minimum Gasteiger partial charge on any atom is -0.372 e. The Balaban J connectivity index is 1.99. The number of benzene rings is 1. The zero-order valence-corrected chi connectivity index (χ0v) is 9.92. The van der Waals surface area contributed by atoms with Crippen LogP contribution in [0.1, 0.15) is 36.5 Å². The first kappa shape index (κ1) is 11.2. The van der Waals surface area contributed by atoms with Gasteiger partial charge in [-0.3, -0.25) is 0 Å². The topological polar surface area (TPSA) is 21.3 Å². The van der Waals surface area contributed by atoms with Crippen LogP contribution in [0.3, 0.4) is 0 Å². The predicted octanol–water partition coefficient (Wildman–Crippen LogP) is 2.58. The van der Waals surface area contributed by atoms with Gasteiger partial charge in [0, 0.05) is 18.2 Å². The van der Waals surface area contributed by atoms with E-state index in [2.05, 4.69) is 5.32 Å². The number of nitrogens with one attached hydrogen (secondary N) is 1. The highest BCUT2D eigenvalue weighted by Gasteiger charge is 2.31. The van der Waals surface area contributed by atoms with Crippen molar-refractivity contribution < 1.29 is 9.13 Å².